The lowest BCUT2D eigenvalue weighted by molar-refractivity contribution is -0.120. The van der Waals surface area contributed by atoms with Crippen LogP contribution in [0.1, 0.15) is 18.4 Å². The Morgan fingerprint density at radius 2 is 1.89 bits per heavy atom. The van der Waals surface area contributed by atoms with Crippen molar-refractivity contribution in [2.24, 2.45) is 0 Å². The number of rotatable bonds is 8. The molecule has 0 aliphatic rings. The lowest BCUT2D eigenvalue weighted by Crippen LogP contribution is -2.24. The molecule has 1 aromatic heterocycles. The Morgan fingerprint density at radius 1 is 1.11 bits per heavy atom. The maximum Gasteiger partial charge on any atom is 0.251 e. The van der Waals surface area contributed by atoms with E-state index < -0.39 is 0 Å². The lowest BCUT2D eigenvalue weighted by Gasteiger charge is -2.05. The second kappa shape index (κ2) is 8.84. The molecule has 2 aromatic carbocycles. The number of carbonyl (C=O) groups is 1. The number of amides is 1. The summed E-state index contributed by atoms with van der Waals surface area (Å²) in [6.45, 7) is 2.71. The van der Waals surface area contributed by atoms with Gasteiger partial charge in [-0.15, -0.1) is 10.2 Å². The third-order valence-corrected chi connectivity index (χ3v) is 3.84. The van der Waals surface area contributed by atoms with E-state index in [9.17, 15) is 4.79 Å². The van der Waals surface area contributed by atoms with Crippen LogP contribution in [0.25, 0.3) is 11.5 Å². The number of nitrogens with one attached hydrogen (secondary N) is 1. The monoisotopic (exact) mass is 367 g/mol. The van der Waals surface area contributed by atoms with Crippen LogP contribution in [-0.2, 0) is 17.8 Å². The highest BCUT2D eigenvalue weighted by Crippen LogP contribution is 2.28. The topological polar surface area (TPSA) is 86.5 Å². The number of nitrogens with zero attached hydrogens (tertiary/aromatic N) is 2. The van der Waals surface area contributed by atoms with Gasteiger partial charge in [0.15, 0.2) is 0 Å². The average Bonchev–Trinajstić information content (AvgIpc) is 3.17. The number of para-hydroxylation sites is 1. The molecule has 0 radical (unpaired) electrons. The van der Waals surface area contributed by atoms with Crippen molar-refractivity contribution in [2.45, 2.75) is 19.9 Å². The normalized spacial score (nSPS) is 10.4. The predicted molar refractivity (Wildman–Crippen MR) is 99.4 cm³/mol. The zero-order chi connectivity index (χ0) is 19.1. The minimum Gasteiger partial charge on any atom is -0.496 e. The Bertz CT molecular complexity index is 890. The fraction of sp³-hybridized carbons (Fsp3) is 0.250. The predicted octanol–water partition coefficient (Wildman–Crippen LogP) is 3.00. The number of carbonyl (C=O) groups excluding carboxylic acids is 1. The highest BCUT2D eigenvalue weighted by molar-refractivity contribution is 5.78. The molecule has 0 unspecified atom stereocenters. The van der Waals surface area contributed by atoms with Gasteiger partial charge < -0.3 is 19.2 Å². The zero-order valence-electron chi connectivity index (χ0n) is 15.3. The molecule has 0 fully saturated rings. The van der Waals surface area contributed by atoms with Crippen molar-refractivity contribution in [2.75, 3.05) is 13.7 Å². The first-order valence-electron chi connectivity index (χ1n) is 8.63. The first-order valence-corrected chi connectivity index (χ1v) is 8.63. The Kier molecular flexibility index (Phi) is 6.04. The molecule has 0 bridgehead atoms. The molecule has 0 atom stereocenters. The van der Waals surface area contributed by atoms with Crippen molar-refractivity contribution < 1.29 is 18.7 Å². The van der Waals surface area contributed by atoms with Gasteiger partial charge in [-0.25, -0.2) is 0 Å². The van der Waals surface area contributed by atoms with E-state index in [-0.39, 0.29) is 18.9 Å². The Morgan fingerprint density at radius 3 is 2.63 bits per heavy atom. The van der Waals surface area contributed by atoms with Gasteiger partial charge in [-0.1, -0.05) is 24.3 Å². The molecular formula is C20H21N3O4. The third-order valence-electron chi connectivity index (χ3n) is 3.84. The van der Waals surface area contributed by atoms with E-state index in [4.69, 9.17) is 13.9 Å². The molecule has 3 rings (SSSR count). The summed E-state index contributed by atoms with van der Waals surface area (Å²) in [6, 6.07) is 14.8. The van der Waals surface area contributed by atoms with E-state index in [1.165, 1.54) is 0 Å². The number of benzene rings is 2. The minimum absolute atomic E-state index is 0.129. The summed E-state index contributed by atoms with van der Waals surface area (Å²) in [5.41, 5.74) is 1.61. The van der Waals surface area contributed by atoms with Crippen LogP contribution in [0.2, 0.25) is 0 Å². The van der Waals surface area contributed by atoms with Gasteiger partial charge in [0.2, 0.25) is 11.8 Å². The van der Waals surface area contributed by atoms with E-state index in [1.54, 1.807) is 7.11 Å². The maximum atomic E-state index is 12.1. The molecule has 0 spiro atoms. The van der Waals surface area contributed by atoms with E-state index >= 15 is 0 Å². The number of aromatic nitrogens is 2. The second-order valence-electron chi connectivity index (χ2n) is 5.73. The van der Waals surface area contributed by atoms with Gasteiger partial charge in [-0.3, -0.25) is 4.79 Å². The number of ether oxygens (including phenoxy) is 2. The van der Waals surface area contributed by atoms with Gasteiger partial charge in [0.05, 0.1) is 32.2 Å². The molecule has 1 amide bonds. The molecular weight excluding hydrogens is 346 g/mol. The van der Waals surface area contributed by atoms with Crippen molar-refractivity contribution in [1.29, 1.82) is 0 Å². The SMILES string of the molecule is CCOc1ccc(CC(=O)NCc2nnc(-c3ccccc3OC)o2)cc1. The molecule has 7 nitrogen and oxygen atoms in total. The van der Waals surface area contributed by atoms with Crippen LogP contribution in [0.4, 0.5) is 0 Å². The number of hydrogen-bond donors (Lipinski definition) is 1. The largest absolute Gasteiger partial charge is 0.496 e. The van der Waals surface area contributed by atoms with E-state index in [0.717, 1.165) is 11.3 Å². The van der Waals surface area contributed by atoms with Gasteiger partial charge in [0, 0.05) is 0 Å². The summed E-state index contributed by atoms with van der Waals surface area (Å²) in [4.78, 5) is 12.1. The average molecular weight is 367 g/mol. The highest BCUT2D eigenvalue weighted by Gasteiger charge is 2.13. The van der Waals surface area contributed by atoms with Crippen LogP contribution >= 0.6 is 0 Å². The molecule has 0 saturated carbocycles. The smallest absolute Gasteiger partial charge is 0.251 e. The summed E-state index contributed by atoms with van der Waals surface area (Å²) in [5.74, 6) is 1.99. The van der Waals surface area contributed by atoms with Crippen molar-refractivity contribution in [1.82, 2.24) is 15.5 Å². The van der Waals surface area contributed by atoms with Crippen molar-refractivity contribution in [3.05, 3.63) is 60.0 Å². The molecule has 27 heavy (non-hydrogen) atoms. The van der Waals surface area contributed by atoms with Crippen LogP contribution in [-0.4, -0.2) is 29.8 Å². The first-order chi connectivity index (χ1) is 13.2. The molecule has 7 heteroatoms. The molecule has 0 aliphatic carbocycles. The van der Waals surface area contributed by atoms with Gasteiger partial charge in [0.25, 0.3) is 5.89 Å². The fourth-order valence-corrected chi connectivity index (χ4v) is 2.55. The van der Waals surface area contributed by atoms with Crippen LogP contribution in [0, 0.1) is 0 Å². The summed E-state index contributed by atoms with van der Waals surface area (Å²) in [7, 11) is 1.58. The van der Waals surface area contributed by atoms with Gasteiger partial charge in [-0.05, 0) is 36.8 Å². The molecule has 140 valence electrons. The molecule has 1 heterocycles. The second-order valence-corrected chi connectivity index (χ2v) is 5.73. The van der Waals surface area contributed by atoms with E-state index in [0.29, 0.717) is 29.7 Å². The van der Waals surface area contributed by atoms with Crippen LogP contribution in [0.3, 0.4) is 0 Å². The van der Waals surface area contributed by atoms with Gasteiger partial charge in [0.1, 0.15) is 11.5 Å². The minimum atomic E-state index is -0.129. The van der Waals surface area contributed by atoms with E-state index in [2.05, 4.69) is 15.5 Å². The highest BCUT2D eigenvalue weighted by atomic mass is 16.5. The van der Waals surface area contributed by atoms with Crippen molar-refractivity contribution >= 4 is 5.91 Å². The quantitative estimate of drug-likeness (QED) is 0.659. The summed E-state index contributed by atoms with van der Waals surface area (Å²) >= 11 is 0. The first kappa shape index (κ1) is 18.4. The molecule has 0 saturated heterocycles. The van der Waals surface area contributed by atoms with E-state index in [1.807, 2.05) is 55.5 Å². The Balaban J connectivity index is 1.56. The molecule has 0 aliphatic heterocycles. The molecule has 1 N–H and O–H groups in total. The number of methoxy groups -OCH3 is 1. The van der Waals surface area contributed by atoms with Crippen molar-refractivity contribution in [3.8, 4) is 23.0 Å². The fourth-order valence-electron chi connectivity index (χ4n) is 2.55. The molecule has 3 aromatic rings. The van der Waals surface area contributed by atoms with Gasteiger partial charge >= 0.3 is 0 Å². The zero-order valence-corrected chi connectivity index (χ0v) is 15.3. The summed E-state index contributed by atoms with van der Waals surface area (Å²) < 4.78 is 16.3. The summed E-state index contributed by atoms with van der Waals surface area (Å²) in [6.07, 6.45) is 0.264. The van der Waals surface area contributed by atoms with Gasteiger partial charge in [-0.2, -0.15) is 0 Å². The summed E-state index contributed by atoms with van der Waals surface area (Å²) in [5, 5.41) is 10.8. The maximum absolute atomic E-state index is 12.1. The Hall–Kier alpha value is -3.35. The lowest BCUT2D eigenvalue weighted by atomic mass is 10.1. The van der Waals surface area contributed by atoms with Crippen LogP contribution in [0.15, 0.2) is 52.9 Å². The standard InChI is InChI=1S/C20H21N3O4/c1-3-26-15-10-8-14(9-11-15)12-18(24)21-13-19-22-23-20(27-19)16-6-4-5-7-17(16)25-2/h4-11H,3,12-13H2,1-2H3,(H,21,24). The van der Waals surface area contributed by atoms with Crippen molar-refractivity contribution in [3.63, 3.8) is 0 Å². The number of hydrogen-bond acceptors (Lipinski definition) is 6. The third kappa shape index (κ3) is 4.84. The Labute approximate surface area is 157 Å². The van der Waals surface area contributed by atoms with Crippen LogP contribution in [0.5, 0.6) is 11.5 Å². The van der Waals surface area contributed by atoms with Crippen LogP contribution < -0.4 is 14.8 Å².